The highest BCUT2D eigenvalue weighted by atomic mass is 16.4. The first-order valence-corrected chi connectivity index (χ1v) is 7.52. The van der Waals surface area contributed by atoms with Gasteiger partial charge in [0.15, 0.2) is 0 Å². The molecule has 3 rings (SSSR count). The highest BCUT2D eigenvalue weighted by Gasteiger charge is 2.42. The minimum Gasteiger partial charge on any atom is -0.478 e. The van der Waals surface area contributed by atoms with Crippen molar-refractivity contribution in [2.75, 3.05) is 18.0 Å². The summed E-state index contributed by atoms with van der Waals surface area (Å²) in [6.45, 7) is 1.71. The van der Waals surface area contributed by atoms with Crippen LogP contribution in [-0.4, -0.2) is 46.9 Å². The van der Waals surface area contributed by atoms with Crippen molar-refractivity contribution in [3.8, 4) is 0 Å². The van der Waals surface area contributed by atoms with E-state index in [0.29, 0.717) is 5.69 Å². The number of carbonyl (C=O) groups excluding carboxylic acids is 2. The zero-order valence-corrected chi connectivity index (χ0v) is 12.2. The maximum absolute atomic E-state index is 12.6. The summed E-state index contributed by atoms with van der Waals surface area (Å²) < 4.78 is 0. The second-order valence-corrected chi connectivity index (χ2v) is 5.74. The summed E-state index contributed by atoms with van der Waals surface area (Å²) in [6.07, 6.45) is 3.50. The van der Waals surface area contributed by atoms with Gasteiger partial charge in [0.25, 0.3) is 5.91 Å². The average molecular weight is 302 g/mol. The van der Waals surface area contributed by atoms with Crippen LogP contribution in [-0.2, 0) is 9.59 Å². The number of carboxylic acids is 1. The highest BCUT2D eigenvalue weighted by Crippen LogP contribution is 2.27. The summed E-state index contributed by atoms with van der Waals surface area (Å²) in [7, 11) is 0. The number of rotatable bonds is 3. The summed E-state index contributed by atoms with van der Waals surface area (Å²) in [5.41, 5.74) is 0.579. The van der Waals surface area contributed by atoms with Gasteiger partial charge in [-0.3, -0.25) is 14.5 Å². The van der Waals surface area contributed by atoms with Crippen molar-refractivity contribution in [1.82, 2.24) is 4.90 Å². The van der Waals surface area contributed by atoms with Gasteiger partial charge in [0.1, 0.15) is 0 Å². The SMILES string of the molecule is O=C(O)c1ccc(N2C(=O)C[C@@H](N3CCCCC3)C2=O)cc1. The van der Waals surface area contributed by atoms with E-state index in [4.69, 9.17) is 5.11 Å². The molecule has 1 atom stereocenters. The lowest BCUT2D eigenvalue weighted by Gasteiger charge is -2.30. The minimum atomic E-state index is -1.03. The molecule has 0 bridgehead atoms. The lowest BCUT2D eigenvalue weighted by molar-refractivity contribution is -0.123. The molecule has 2 fully saturated rings. The molecule has 0 saturated carbocycles. The second-order valence-electron chi connectivity index (χ2n) is 5.74. The second kappa shape index (κ2) is 5.88. The number of aromatic carboxylic acids is 1. The Labute approximate surface area is 128 Å². The Kier molecular flexibility index (Phi) is 3.94. The minimum absolute atomic E-state index is 0.135. The van der Waals surface area contributed by atoms with Crippen molar-refractivity contribution in [2.45, 2.75) is 31.7 Å². The molecule has 2 amide bonds. The van der Waals surface area contributed by atoms with Gasteiger partial charge in [0, 0.05) is 0 Å². The third-order valence-electron chi connectivity index (χ3n) is 4.33. The predicted molar refractivity (Wildman–Crippen MR) is 79.7 cm³/mol. The first-order valence-electron chi connectivity index (χ1n) is 7.52. The molecule has 22 heavy (non-hydrogen) atoms. The first-order chi connectivity index (χ1) is 10.6. The topological polar surface area (TPSA) is 77.9 Å². The maximum atomic E-state index is 12.6. The fraction of sp³-hybridized carbons (Fsp3) is 0.438. The Balaban J connectivity index is 1.80. The molecule has 0 spiro atoms. The number of anilines is 1. The number of piperidine rings is 1. The molecule has 6 heteroatoms. The third kappa shape index (κ3) is 2.62. The maximum Gasteiger partial charge on any atom is 0.335 e. The van der Waals surface area contributed by atoms with Gasteiger partial charge < -0.3 is 5.11 Å². The monoisotopic (exact) mass is 302 g/mol. The van der Waals surface area contributed by atoms with E-state index in [1.807, 2.05) is 0 Å². The van der Waals surface area contributed by atoms with E-state index in [9.17, 15) is 14.4 Å². The van der Waals surface area contributed by atoms with Crippen LogP contribution in [0.2, 0.25) is 0 Å². The standard InChI is InChI=1S/C16H18N2O4/c19-14-10-13(17-8-2-1-3-9-17)15(20)18(14)12-6-4-11(5-7-12)16(21)22/h4-7,13H,1-3,8-10H2,(H,21,22)/t13-/m1/s1. The zero-order valence-electron chi connectivity index (χ0n) is 12.2. The molecule has 0 unspecified atom stereocenters. The molecule has 116 valence electrons. The third-order valence-corrected chi connectivity index (χ3v) is 4.33. The number of benzene rings is 1. The number of amides is 2. The van der Waals surface area contributed by atoms with Crippen LogP contribution in [0.3, 0.4) is 0 Å². The number of hydrogen-bond donors (Lipinski definition) is 1. The van der Waals surface area contributed by atoms with Crippen molar-refractivity contribution >= 4 is 23.5 Å². The van der Waals surface area contributed by atoms with Crippen molar-refractivity contribution in [1.29, 1.82) is 0 Å². The van der Waals surface area contributed by atoms with Crippen LogP contribution in [0.25, 0.3) is 0 Å². The van der Waals surface area contributed by atoms with E-state index in [1.54, 1.807) is 0 Å². The van der Waals surface area contributed by atoms with Crippen LogP contribution in [0.15, 0.2) is 24.3 Å². The van der Waals surface area contributed by atoms with E-state index in [-0.39, 0.29) is 29.8 Å². The van der Waals surface area contributed by atoms with Crippen LogP contribution in [0.5, 0.6) is 0 Å². The van der Waals surface area contributed by atoms with Crippen molar-refractivity contribution in [3.05, 3.63) is 29.8 Å². The molecule has 0 radical (unpaired) electrons. The Morgan fingerprint density at radius 2 is 1.68 bits per heavy atom. The van der Waals surface area contributed by atoms with Crippen molar-refractivity contribution in [3.63, 3.8) is 0 Å². The number of nitrogens with zero attached hydrogens (tertiary/aromatic N) is 2. The summed E-state index contributed by atoms with van der Waals surface area (Å²) in [5.74, 6) is -1.45. The van der Waals surface area contributed by atoms with Gasteiger partial charge in [-0.25, -0.2) is 9.69 Å². The Bertz CT molecular complexity index is 605. The molecular formula is C16H18N2O4. The van der Waals surface area contributed by atoms with E-state index in [2.05, 4.69) is 4.90 Å². The smallest absolute Gasteiger partial charge is 0.335 e. The number of imide groups is 1. The molecule has 1 aromatic carbocycles. The number of likely N-dealkylation sites (tertiary alicyclic amines) is 1. The van der Waals surface area contributed by atoms with Gasteiger partial charge in [0.05, 0.1) is 23.7 Å². The summed E-state index contributed by atoms with van der Waals surface area (Å²) >= 11 is 0. The van der Waals surface area contributed by atoms with Crippen LogP contribution in [0, 0.1) is 0 Å². The van der Waals surface area contributed by atoms with E-state index in [0.717, 1.165) is 25.9 Å². The molecule has 0 aromatic heterocycles. The quantitative estimate of drug-likeness (QED) is 0.856. The molecule has 1 aromatic rings. The van der Waals surface area contributed by atoms with Gasteiger partial charge in [-0.05, 0) is 50.2 Å². The molecule has 2 heterocycles. The lowest BCUT2D eigenvalue weighted by Crippen LogP contribution is -2.44. The molecule has 6 nitrogen and oxygen atoms in total. The van der Waals surface area contributed by atoms with E-state index < -0.39 is 5.97 Å². The Hall–Kier alpha value is -2.21. The molecule has 2 aliphatic heterocycles. The summed E-state index contributed by atoms with van der Waals surface area (Å²) in [6, 6.07) is 5.47. The summed E-state index contributed by atoms with van der Waals surface area (Å²) in [4.78, 5) is 38.9. The van der Waals surface area contributed by atoms with Gasteiger partial charge in [-0.2, -0.15) is 0 Å². The van der Waals surface area contributed by atoms with Crippen LogP contribution < -0.4 is 4.90 Å². The number of carboxylic acid groups (broad SMARTS) is 1. The van der Waals surface area contributed by atoms with Crippen LogP contribution >= 0.6 is 0 Å². The van der Waals surface area contributed by atoms with Gasteiger partial charge >= 0.3 is 5.97 Å². The lowest BCUT2D eigenvalue weighted by atomic mass is 10.1. The van der Waals surface area contributed by atoms with Crippen LogP contribution in [0.4, 0.5) is 5.69 Å². The van der Waals surface area contributed by atoms with Crippen LogP contribution in [0.1, 0.15) is 36.0 Å². The first kappa shape index (κ1) is 14.7. The molecule has 2 saturated heterocycles. The van der Waals surface area contributed by atoms with E-state index in [1.165, 1.54) is 35.6 Å². The zero-order chi connectivity index (χ0) is 15.7. The van der Waals surface area contributed by atoms with Crippen molar-refractivity contribution < 1.29 is 19.5 Å². The molecule has 0 aliphatic carbocycles. The van der Waals surface area contributed by atoms with Gasteiger partial charge in [-0.1, -0.05) is 6.42 Å². The normalized spacial score (nSPS) is 23.1. The van der Waals surface area contributed by atoms with Gasteiger partial charge in [0.2, 0.25) is 5.91 Å². The fourth-order valence-corrected chi connectivity index (χ4v) is 3.16. The summed E-state index contributed by atoms with van der Waals surface area (Å²) in [5, 5.41) is 8.90. The molecule has 2 aliphatic rings. The average Bonchev–Trinajstić information content (AvgIpc) is 2.83. The molecule has 1 N–H and O–H groups in total. The van der Waals surface area contributed by atoms with Crippen molar-refractivity contribution in [2.24, 2.45) is 0 Å². The fourth-order valence-electron chi connectivity index (χ4n) is 3.16. The largest absolute Gasteiger partial charge is 0.478 e. The number of hydrogen-bond acceptors (Lipinski definition) is 4. The molecular weight excluding hydrogens is 284 g/mol. The Morgan fingerprint density at radius 3 is 2.27 bits per heavy atom. The highest BCUT2D eigenvalue weighted by molar-refractivity contribution is 6.22. The van der Waals surface area contributed by atoms with E-state index >= 15 is 0 Å². The predicted octanol–water partition coefficient (Wildman–Crippen LogP) is 1.50. The number of carbonyl (C=O) groups is 3. The Morgan fingerprint density at radius 1 is 1.05 bits per heavy atom. The van der Waals surface area contributed by atoms with Gasteiger partial charge in [-0.15, -0.1) is 0 Å².